The highest BCUT2D eigenvalue weighted by Crippen LogP contribution is 2.28. The highest BCUT2D eigenvalue weighted by Gasteiger charge is 2.15. The van der Waals surface area contributed by atoms with E-state index < -0.39 is 0 Å². The molecule has 3 rings (SSSR count). The van der Waals surface area contributed by atoms with E-state index in [0.29, 0.717) is 15.9 Å². The van der Waals surface area contributed by atoms with Crippen LogP contribution < -0.4 is 5.32 Å². The van der Waals surface area contributed by atoms with E-state index >= 15 is 0 Å². The van der Waals surface area contributed by atoms with Crippen molar-refractivity contribution < 1.29 is 4.79 Å². The Labute approximate surface area is 165 Å². The van der Waals surface area contributed by atoms with Gasteiger partial charge in [-0.1, -0.05) is 55.5 Å². The number of benzene rings is 2. The first kappa shape index (κ1) is 18.9. The number of nitrogens with zero attached hydrogens (tertiary/aromatic N) is 2. The summed E-state index contributed by atoms with van der Waals surface area (Å²) in [4.78, 5) is 14.8. The van der Waals surface area contributed by atoms with Crippen molar-refractivity contribution in [1.82, 2.24) is 10.2 Å². The van der Waals surface area contributed by atoms with E-state index in [9.17, 15) is 4.79 Å². The predicted molar refractivity (Wildman–Crippen MR) is 111 cm³/mol. The Morgan fingerprint density at radius 2 is 1.81 bits per heavy atom. The van der Waals surface area contributed by atoms with Crippen molar-refractivity contribution >= 4 is 45.9 Å². The number of rotatable bonds is 7. The van der Waals surface area contributed by atoms with Crippen molar-refractivity contribution in [2.75, 3.05) is 5.32 Å². The molecule has 26 heavy (non-hydrogen) atoms. The highest BCUT2D eigenvalue weighted by atomic mass is 32.2. The maximum Gasteiger partial charge on any atom is 0.258 e. The predicted octanol–water partition coefficient (Wildman–Crippen LogP) is 5.58. The van der Waals surface area contributed by atoms with Crippen LogP contribution in [0.25, 0.3) is 0 Å². The molecular weight excluding hydrogens is 382 g/mol. The van der Waals surface area contributed by atoms with E-state index in [0.717, 1.165) is 15.7 Å². The lowest BCUT2D eigenvalue weighted by molar-refractivity contribution is 0.102. The zero-order valence-electron chi connectivity index (χ0n) is 14.5. The SMILES string of the molecule is CC(C)Sc1ccccc1C(=O)Nc1nnc(CSc2ccccc2)s1. The van der Waals surface area contributed by atoms with Gasteiger partial charge in [0, 0.05) is 15.0 Å². The molecule has 0 unspecified atom stereocenters. The molecule has 0 saturated carbocycles. The maximum atomic E-state index is 12.6. The number of hydrogen-bond donors (Lipinski definition) is 1. The van der Waals surface area contributed by atoms with Crippen LogP contribution in [0.1, 0.15) is 29.2 Å². The third kappa shape index (κ3) is 5.33. The number of hydrogen-bond acceptors (Lipinski definition) is 6. The maximum absolute atomic E-state index is 12.6. The van der Waals surface area contributed by atoms with Crippen LogP contribution in [-0.2, 0) is 5.75 Å². The third-order valence-electron chi connectivity index (χ3n) is 3.29. The van der Waals surface area contributed by atoms with Gasteiger partial charge in [0.25, 0.3) is 5.91 Å². The van der Waals surface area contributed by atoms with Crippen molar-refractivity contribution in [3.05, 3.63) is 65.2 Å². The molecule has 3 aromatic rings. The van der Waals surface area contributed by atoms with E-state index in [2.05, 4.69) is 41.5 Å². The lowest BCUT2D eigenvalue weighted by atomic mass is 10.2. The summed E-state index contributed by atoms with van der Waals surface area (Å²) < 4.78 is 0. The highest BCUT2D eigenvalue weighted by molar-refractivity contribution is 8.00. The van der Waals surface area contributed by atoms with Gasteiger partial charge in [-0.05, 0) is 24.3 Å². The molecule has 1 amide bonds. The van der Waals surface area contributed by atoms with Gasteiger partial charge in [0.2, 0.25) is 5.13 Å². The zero-order chi connectivity index (χ0) is 18.4. The van der Waals surface area contributed by atoms with Crippen LogP contribution in [0, 0.1) is 0 Å². The van der Waals surface area contributed by atoms with Crippen LogP contribution in [0.2, 0.25) is 0 Å². The molecule has 0 saturated heterocycles. The Bertz CT molecular complexity index is 865. The average Bonchev–Trinajstić information content (AvgIpc) is 3.08. The molecule has 0 aliphatic rings. The van der Waals surface area contributed by atoms with Gasteiger partial charge in [0.05, 0.1) is 11.3 Å². The summed E-state index contributed by atoms with van der Waals surface area (Å²) in [5, 5.41) is 13.0. The van der Waals surface area contributed by atoms with Gasteiger partial charge in [0.1, 0.15) is 5.01 Å². The fourth-order valence-electron chi connectivity index (χ4n) is 2.20. The smallest absolute Gasteiger partial charge is 0.258 e. The van der Waals surface area contributed by atoms with Gasteiger partial charge in [-0.2, -0.15) is 0 Å². The topological polar surface area (TPSA) is 54.9 Å². The average molecular weight is 402 g/mol. The second kappa shape index (κ2) is 9.21. The van der Waals surface area contributed by atoms with E-state index in [1.807, 2.05) is 42.5 Å². The second-order valence-electron chi connectivity index (χ2n) is 5.72. The van der Waals surface area contributed by atoms with Gasteiger partial charge in [-0.15, -0.1) is 33.7 Å². The Kier molecular flexibility index (Phi) is 6.71. The molecule has 2 aromatic carbocycles. The molecule has 7 heteroatoms. The van der Waals surface area contributed by atoms with Crippen LogP contribution in [-0.4, -0.2) is 21.4 Å². The molecule has 1 N–H and O–H groups in total. The van der Waals surface area contributed by atoms with E-state index in [4.69, 9.17) is 0 Å². The molecule has 0 aliphatic heterocycles. The second-order valence-corrected chi connectivity index (χ2v) is 9.45. The zero-order valence-corrected chi connectivity index (χ0v) is 17.0. The molecule has 134 valence electrons. The molecule has 4 nitrogen and oxygen atoms in total. The quantitative estimate of drug-likeness (QED) is 0.524. The number of carbonyl (C=O) groups excluding carboxylic acids is 1. The number of thioether (sulfide) groups is 2. The number of nitrogens with one attached hydrogen (secondary N) is 1. The summed E-state index contributed by atoms with van der Waals surface area (Å²) in [5.41, 5.74) is 0.668. The monoisotopic (exact) mass is 401 g/mol. The summed E-state index contributed by atoms with van der Waals surface area (Å²) in [7, 11) is 0. The van der Waals surface area contributed by atoms with Crippen molar-refractivity contribution in [1.29, 1.82) is 0 Å². The Balaban J connectivity index is 1.63. The molecule has 0 fully saturated rings. The van der Waals surface area contributed by atoms with Crippen molar-refractivity contribution in [2.24, 2.45) is 0 Å². The van der Waals surface area contributed by atoms with E-state index in [1.54, 1.807) is 23.5 Å². The van der Waals surface area contributed by atoms with Crippen molar-refractivity contribution in [3.63, 3.8) is 0 Å². The van der Waals surface area contributed by atoms with Gasteiger partial charge in [-0.25, -0.2) is 0 Å². The lowest BCUT2D eigenvalue weighted by Crippen LogP contribution is -2.13. The fourth-order valence-corrected chi connectivity index (χ4v) is 4.79. The standard InChI is InChI=1S/C19H19N3OS3/c1-13(2)25-16-11-7-6-10-15(16)18(23)20-19-22-21-17(26-19)12-24-14-8-4-3-5-9-14/h3-11,13H,12H2,1-2H3,(H,20,22,23). The van der Waals surface area contributed by atoms with Crippen molar-refractivity contribution in [3.8, 4) is 0 Å². The largest absolute Gasteiger partial charge is 0.296 e. The number of anilines is 1. The van der Waals surface area contributed by atoms with Gasteiger partial charge >= 0.3 is 0 Å². The number of amides is 1. The van der Waals surface area contributed by atoms with Crippen LogP contribution in [0.4, 0.5) is 5.13 Å². The van der Waals surface area contributed by atoms with Crippen molar-refractivity contribution in [2.45, 2.75) is 34.6 Å². The first-order valence-electron chi connectivity index (χ1n) is 8.19. The summed E-state index contributed by atoms with van der Waals surface area (Å²) >= 11 is 4.79. The van der Waals surface area contributed by atoms with E-state index in [-0.39, 0.29) is 5.91 Å². The molecule has 1 heterocycles. The van der Waals surface area contributed by atoms with Crippen LogP contribution >= 0.6 is 34.9 Å². The molecule has 0 radical (unpaired) electrons. The molecule has 0 bridgehead atoms. The number of carbonyl (C=O) groups is 1. The molecule has 0 aliphatic carbocycles. The Hall–Kier alpha value is -1.83. The Morgan fingerprint density at radius 1 is 1.08 bits per heavy atom. The first-order valence-corrected chi connectivity index (χ1v) is 10.9. The van der Waals surface area contributed by atoms with Gasteiger partial charge < -0.3 is 0 Å². The minimum Gasteiger partial charge on any atom is -0.296 e. The lowest BCUT2D eigenvalue weighted by Gasteiger charge is -2.10. The molecule has 1 aromatic heterocycles. The summed E-state index contributed by atoms with van der Waals surface area (Å²) in [6.07, 6.45) is 0. The minimum atomic E-state index is -0.146. The van der Waals surface area contributed by atoms with Gasteiger partial charge in [0.15, 0.2) is 0 Å². The normalized spacial score (nSPS) is 10.9. The first-order chi connectivity index (χ1) is 12.6. The van der Waals surface area contributed by atoms with Crippen LogP contribution in [0.15, 0.2) is 64.4 Å². The van der Waals surface area contributed by atoms with Gasteiger partial charge in [-0.3, -0.25) is 10.1 Å². The van der Waals surface area contributed by atoms with Crippen LogP contribution in [0.3, 0.4) is 0 Å². The minimum absolute atomic E-state index is 0.146. The van der Waals surface area contributed by atoms with E-state index in [1.165, 1.54) is 16.2 Å². The summed E-state index contributed by atoms with van der Waals surface area (Å²) in [6.45, 7) is 4.22. The Morgan fingerprint density at radius 3 is 2.58 bits per heavy atom. The third-order valence-corrected chi connectivity index (χ3v) is 6.41. The molecular formula is C19H19N3OS3. The molecule has 0 spiro atoms. The van der Waals surface area contributed by atoms with Crippen LogP contribution in [0.5, 0.6) is 0 Å². The summed E-state index contributed by atoms with van der Waals surface area (Å²) in [6, 6.07) is 17.8. The summed E-state index contributed by atoms with van der Waals surface area (Å²) in [5.74, 6) is 0.587. The fraction of sp³-hybridized carbons (Fsp3) is 0.211. The molecule has 0 atom stereocenters. The number of aromatic nitrogens is 2.